The predicted molar refractivity (Wildman–Crippen MR) is 89.0 cm³/mol. The fourth-order valence-corrected chi connectivity index (χ4v) is 2.42. The van der Waals surface area contributed by atoms with Gasteiger partial charge in [-0.2, -0.15) is 5.10 Å². The summed E-state index contributed by atoms with van der Waals surface area (Å²) in [5.41, 5.74) is 3.78. The van der Waals surface area contributed by atoms with Gasteiger partial charge in [-0.1, -0.05) is 30.3 Å². The number of furan rings is 1. The van der Waals surface area contributed by atoms with E-state index in [1.54, 1.807) is 26.3 Å². The van der Waals surface area contributed by atoms with Gasteiger partial charge >= 0.3 is 0 Å². The highest BCUT2D eigenvalue weighted by molar-refractivity contribution is 6.03. The largest absolute Gasteiger partial charge is 0.496 e. The zero-order valence-electron chi connectivity index (χ0n) is 12.9. The Bertz CT molecular complexity index is 881. The number of hydrazone groups is 1. The van der Waals surface area contributed by atoms with Gasteiger partial charge in [0.2, 0.25) is 0 Å². The number of nitrogens with one attached hydrogen (secondary N) is 1. The number of hydrogen-bond donors (Lipinski definition) is 1. The van der Waals surface area contributed by atoms with Gasteiger partial charge in [0.05, 0.1) is 25.2 Å². The minimum Gasteiger partial charge on any atom is -0.496 e. The summed E-state index contributed by atoms with van der Waals surface area (Å²) < 4.78 is 10.5. The highest BCUT2D eigenvalue weighted by atomic mass is 16.5. The second-order valence-electron chi connectivity index (χ2n) is 4.99. The van der Waals surface area contributed by atoms with Crippen molar-refractivity contribution in [3.63, 3.8) is 0 Å². The molecule has 1 aromatic heterocycles. The molecule has 3 rings (SSSR count). The SMILES string of the molecule is COc1ccc2ccccc2c1/C=N/NC(=O)c1ccoc1C. The maximum Gasteiger partial charge on any atom is 0.274 e. The predicted octanol–water partition coefficient (Wildman–Crippen LogP) is 3.51. The quantitative estimate of drug-likeness (QED) is 0.592. The molecule has 0 aliphatic carbocycles. The standard InChI is InChI=1S/C18H16N2O3/c1-12-14(9-10-23-12)18(21)20-19-11-16-15-6-4-3-5-13(15)7-8-17(16)22-2/h3-11H,1-2H3,(H,20,21)/b19-11+. The molecule has 1 heterocycles. The fraction of sp³-hybridized carbons (Fsp3) is 0.111. The van der Waals surface area contributed by atoms with E-state index in [9.17, 15) is 4.79 Å². The molecule has 23 heavy (non-hydrogen) atoms. The van der Waals surface area contributed by atoms with Crippen molar-refractivity contribution in [2.24, 2.45) is 5.10 Å². The molecule has 1 amide bonds. The molecule has 0 saturated carbocycles. The van der Waals surface area contributed by atoms with Gasteiger partial charge in [0, 0.05) is 5.56 Å². The summed E-state index contributed by atoms with van der Waals surface area (Å²) in [5, 5.41) is 6.13. The number of methoxy groups -OCH3 is 1. The number of fused-ring (bicyclic) bond motifs is 1. The first kappa shape index (κ1) is 14.8. The van der Waals surface area contributed by atoms with Crippen molar-refractivity contribution in [1.29, 1.82) is 0 Å². The third-order valence-electron chi connectivity index (χ3n) is 3.61. The first-order valence-corrected chi connectivity index (χ1v) is 7.14. The monoisotopic (exact) mass is 308 g/mol. The van der Waals surface area contributed by atoms with E-state index in [-0.39, 0.29) is 5.91 Å². The summed E-state index contributed by atoms with van der Waals surface area (Å²) in [7, 11) is 1.61. The average molecular weight is 308 g/mol. The number of hydrogen-bond acceptors (Lipinski definition) is 4. The lowest BCUT2D eigenvalue weighted by atomic mass is 10.0. The number of rotatable bonds is 4. The van der Waals surface area contributed by atoms with E-state index >= 15 is 0 Å². The first-order chi connectivity index (χ1) is 11.2. The Morgan fingerprint density at radius 2 is 2.04 bits per heavy atom. The zero-order valence-corrected chi connectivity index (χ0v) is 12.9. The number of benzene rings is 2. The summed E-state index contributed by atoms with van der Waals surface area (Å²) in [6, 6.07) is 13.4. The normalized spacial score (nSPS) is 11.0. The number of nitrogens with zero attached hydrogens (tertiary/aromatic N) is 1. The number of aryl methyl sites for hydroxylation is 1. The van der Waals surface area contributed by atoms with Gasteiger partial charge in [-0.25, -0.2) is 5.43 Å². The van der Waals surface area contributed by atoms with Gasteiger partial charge in [0.25, 0.3) is 5.91 Å². The second-order valence-corrected chi connectivity index (χ2v) is 4.99. The van der Waals surface area contributed by atoms with Crippen LogP contribution in [0.1, 0.15) is 21.7 Å². The van der Waals surface area contributed by atoms with Gasteiger partial charge in [-0.15, -0.1) is 0 Å². The van der Waals surface area contributed by atoms with Crippen LogP contribution in [0.3, 0.4) is 0 Å². The van der Waals surface area contributed by atoms with Crippen LogP contribution in [0, 0.1) is 6.92 Å². The van der Waals surface area contributed by atoms with Crippen molar-refractivity contribution in [3.05, 3.63) is 65.6 Å². The van der Waals surface area contributed by atoms with Crippen LogP contribution in [-0.4, -0.2) is 19.2 Å². The lowest BCUT2D eigenvalue weighted by molar-refractivity contribution is 0.0953. The smallest absolute Gasteiger partial charge is 0.274 e. The summed E-state index contributed by atoms with van der Waals surface area (Å²) in [6.45, 7) is 1.73. The molecule has 0 saturated heterocycles. The van der Waals surface area contributed by atoms with Gasteiger partial charge in [-0.05, 0) is 29.8 Å². The number of carbonyl (C=O) groups is 1. The van der Waals surface area contributed by atoms with E-state index in [0.29, 0.717) is 17.1 Å². The van der Waals surface area contributed by atoms with Crippen LogP contribution >= 0.6 is 0 Å². The highest BCUT2D eigenvalue weighted by Gasteiger charge is 2.10. The molecule has 1 N–H and O–H groups in total. The minimum atomic E-state index is -0.313. The van der Waals surface area contributed by atoms with Crippen LogP contribution in [0.25, 0.3) is 10.8 Å². The number of ether oxygens (including phenoxy) is 1. The average Bonchev–Trinajstić information content (AvgIpc) is 3.01. The van der Waals surface area contributed by atoms with E-state index in [1.807, 2.05) is 36.4 Å². The number of carbonyl (C=O) groups excluding carboxylic acids is 1. The molecule has 0 bridgehead atoms. The minimum absolute atomic E-state index is 0.313. The topological polar surface area (TPSA) is 63.8 Å². The summed E-state index contributed by atoms with van der Waals surface area (Å²) in [4.78, 5) is 12.0. The molecule has 0 atom stereocenters. The van der Waals surface area contributed by atoms with Crippen LogP contribution in [0.5, 0.6) is 5.75 Å². The van der Waals surface area contributed by atoms with Crippen molar-refractivity contribution in [1.82, 2.24) is 5.43 Å². The Hall–Kier alpha value is -3.08. The van der Waals surface area contributed by atoms with Gasteiger partial charge in [0.15, 0.2) is 0 Å². The van der Waals surface area contributed by atoms with E-state index in [4.69, 9.17) is 9.15 Å². The maximum absolute atomic E-state index is 12.0. The Morgan fingerprint density at radius 3 is 2.78 bits per heavy atom. The van der Waals surface area contributed by atoms with Crippen LogP contribution in [0.2, 0.25) is 0 Å². The number of amides is 1. The van der Waals surface area contributed by atoms with E-state index in [0.717, 1.165) is 16.3 Å². The Balaban J connectivity index is 1.89. The zero-order chi connectivity index (χ0) is 16.2. The molecule has 0 fully saturated rings. The maximum atomic E-state index is 12.0. The lowest BCUT2D eigenvalue weighted by Crippen LogP contribution is -2.17. The van der Waals surface area contributed by atoms with E-state index in [2.05, 4.69) is 10.5 Å². The Morgan fingerprint density at radius 1 is 1.22 bits per heavy atom. The third-order valence-corrected chi connectivity index (χ3v) is 3.61. The Labute approximate surface area is 133 Å². The molecule has 0 aliphatic rings. The van der Waals surface area contributed by atoms with Crippen molar-refractivity contribution >= 4 is 22.9 Å². The highest BCUT2D eigenvalue weighted by Crippen LogP contribution is 2.26. The van der Waals surface area contributed by atoms with Gasteiger partial charge in [0.1, 0.15) is 11.5 Å². The molecule has 116 valence electrons. The molecule has 0 aliphatic heterocycles. The van der Waals surface area contributed by atoms with Crippen LogP contribution < -0.4 is 10.2 Å². The van der Waals surface area contributed by atoms with Gasteiger partial charge < -0.3 is 9.15 Å². The van der Waals surface area contributed by atoms with E-state index < -0.39 is 0 Å². The summed E-state index contributed by atoms with van der Waals surface area (Å²) >= 11 is 0. The first-order valence-electron chi connectivity index (χ1n) is 7.14. The Kier molecular flexibility index (Phi) is 4.10. The van der Waals surface area contributed by atoms with Crippen LogP contribution in [0.15, 0.2) is 58.2 Å². The van der Waals surface area contributed by atoms with Crippen LogP contribution in [0.4, 0.5) is 0 Å². The molecule has 2 aromatic carbocycles. The molecule has 5 heteroatoms. The molecule has 3 aromatic rings. The van der Waals surface area contributed by atoms with Crippen molar-refractivity contribution < 1.29 is 13.9 Å². The fourth-order valence-electron chi connectivity index (χ4n) is 2.42. The molecule has 5 nitrogen and oxygen atoms in total. The van der Waals surface area contributed by atoms with Crippen molar-refractivity contribution in [2.45, 2.75) is 6.92 Å². The third kappa shape index (κ3) is 2.94. The molecule has 0 radical (unpaired) electrons. The summed E-state index contributed by atoms with van der Waals surface area (Å²) in [5.74, 6) is 0.938. The van der Waals surface area contributed by atoms with Crippen molar-refractivity contribution in [2.75, 3.05) is 7.11 Å². The molecule has 0 unspecified atom stereocenters. The van der Waals surface area contributed by atoms with Crippen molar-refractivity contribution in [3.8, 4) is 5.75 Å². The summed E-state index contributed by atoms with van der Waals surface area (Å²) in [6.07, 6.45) is 3.07. The lowest BCUT2D eigenvalue weighted by Gasteiger charge is -2.08. The molecular formula is C18H16N2O3. The second kappa shape index (κ2) is 6.36. The molecular weight excluding hydrogens is 292 g/mol. The van der Waals surface area contributed by atoms with E-state index in [1.165, 1.54) is 6.26 Å². The van der Waals surface area contributed by atoms with Gasteiger partial charge in [-0.3, -0.25) is 4.79 Å². The van der Waals surface area contributed by atoms with Crippen LogP contribution in [-0.2, 0) is 0 Å². The molecule has 0 spiro atoms.